The molecule has 4 nitrogen and oxygen atoms in total. The van der Waals surface area contributed by atoms with Crippen molar-refractivity contribution in [3.63, 3.8) is 0 Å². The molecule has 0 aliphatic carbocycles. The summed E-state index contributed by atoms with van der Waals surface area (Å²) in [4.78, 5) is 23.9. The van der Waals surface area contributed by atoms with E-state index in [1.807, 2.05) is 31.3 Å². The van der Waals surface area contributed by atoms with E-state index >= 15 is 0 Å². The third-order valence-electron chi connectivity index (χ3n) is 4.39. The van der Waals surface area contributed by atoms with Gasteiger partial charge < -0.3 is 10.6 Å². The minimum absolute atomic E-state index is 0.0586. The van der Waals surface area contributed by atoms with E-state index in [0.717, 1.165) is 17.8 Å². The van der Waals surface area contributed by atoms with Gasteiger partial charge in [0.15, 0.2) is 5.78 Å². The maximum Gasteiger partial charge on any atom is 0.255 e. The molecule has 0 bridgehead atoms. The Morgan fingerprint density at radius 2 is 1.33 bits per heavy atom. The predicted molar refractivity (Wildman–Crippen MR) is 110 cm³/mol. The molecule has 136 valence electrons. The Bertz CT molecular complexity index is 945. The van der Waals surface area contributed by atoms with Crippen LogP contribution in [0.1, 0.15) is 38.8 Å². The molecule has 3 aromatic rings. The van der Waals surface area contributed by atoms with Gasteiger partial charge in [0.2, 0.25) is 0 Å². The van der Waals surface area contributed by atoms with E-state index in [9.17, 15) is 9.59 Å². The summed E-state index contributed by atoms with van der Waals surface area (Å²) in [6, 6.07) is 22.8. The van der Waals surface area contributed by atoms with Gasteiger partial charge in [0.05, 0.1) is 0 Å². The Labute approximate surface area is 159 Å². The lowest BCUT2D eigenvalue weighted by atomic mass is 10.0. The highest BCUT2D eigenvalue weighted by molar-refractivity contribution is 6.06. The summed E-state index contributed by atoms with van der Waals surface area (Å²) in [5.74, 6) is -0.287. The molecule has 0 fully saturated rings. The van der Waals surface area contributed by atoms with Gasteiger partial charge >= 0.3 is 0 Å². The molecule has 0 heterocycles. The largest absolute Gasteiger partial charge is 0.388 e. The summed E-state index contributed by atoms with van der Waals surface area (Å²) >= 11 is 0. The van der Waals surface area contributed by atoms with Gasteiger partial charge in [0, 0.05) is 29.5 Å². The Kier molecular flexibility index (Phi) is 5.67. The number of rotatable bonds is 6. The maximum absolute atomic E-state index is 12.4. The molecule has 27 heavy (non-hydrogen) atoms. The molecule has 0 saturated carbocycles. The summed E-state index contributed by atoms with van der Waals surface area (Å²) in [7, 11) is 1.90. The third kappa shape index (κ3) is 4.82. The van der Waals surface area contributed by atoms with Gasteiger partial charge in [-0.25, -0.2) is 0 Å². The molecule has 1 amide bonds. The van der Waals surface area contributed by atoms with Crippen LogP contribution in [0.25, 0.3) is 0 Å². The fourth-order valence-electron chi connectivity index (χ4n) is 2.81. The molecule has 0 unspecified atom stereocenters. The Hall–Kier alpha value is -3.40. The summed E-state index contributed by atoms with van der Waals surface area (Å²) in [5.41, 5.74) is 5.21. The zero-order valence-corrected chi connectivity index (χ0v) is 15.5. The van der Waals surface area contributed by atoms with Crippen molar-refractivity contribution in [1.82, 2.24) is 0 Å². The summed E-state index contributed by atoms with van der Waals surface area (Å²) in [6.07, 6.45) is 0.832. The third-order valence-corrected chi connectivity index (χ3v) is 4.39. The molecule has 0 spiro atoms. The number of ketones is 1. The van der Waals surface area contributed by atoms with Gasteiger partial charge in [-0.05, 0) is 60.9 Å². The number of Topliss-reactive ketones (excluding diaryl/α,β-unsaturated/α-hetero) is 1. The van der Waals surface area contributed by atoms with E-state index in [2.05, 4.69) is 34.9 Å². The van der Waals surface area contributed by atoms with E-state index in [-0.39, 0.29) is 11.7 Å². The first-order valence-electron chi connectivity index (χ1n) is 8.83. The lowest BCUT2D eigenvalue weighted by Gasteiger charge is -2.08. The molecule has 4 heteroatoms. The highest BCUT2D eigenvalue weighted by Crippen LogP contribution is 2.17. The Morgan fingerprint density at radius 1 is 0.778 bits per heavy atom. The fraction of sp³-hybridized carbons (Fsp3) is 0.130. The molecule has 3 rings (SSSR count). The van der Waals surface area contributed by atoms with Crippen LogP contribution < -0.4 is 10.6 Å². The average Bonchev–Trinajstić information content (AvgIpc) is 2.70. The second-order valence-electron chi connectivity index (χ2n) is 6.41. The Balaban J connectivity index is 1.65. The second-order valence-corrected chi connectivity index (χ2v) is 6.41. The topological polar surface area (TPSA) is 58.2 Å². The second kappa shape index (κ2) is 8.32. The lowest BCUT2D eigenvalue weighted by molar-refractivity contribution is 0.101. The minimum atomic E-state index is -0.228. The van der Waals surface area contributed by atoms with Gasteiger partial charge in [-0.3, -0.25) is 9.59 Å². The number of hydrogen-bond donors (Lipinski definition) is 2. The molecule has 0 radical (unpaired) electrons. The molecule has 0 aliphatic heterocycles. The normalized spacial score (nSPS) is 10.3. The first-order chi connectivity index (χ1) is 13.0. The minimum Gasteiger partial charge on any atom is -0.388 e. The highest BCUT2D eigenvalue weighted by atomic mass is 16.1. The molecule has 0 aromatic heterocycles. The van der Waals surface area contributed by atoms with Crippen LogP contribution in [0.5, 0.6) is 0 Å². The molecular formula is C23H22N2O2. The van der Waals surface area contributed by atoms with Crippen LogP contribution in [0, 0.1) is 0 Å². The van der Waals surface area contributed by atoms with Crippen LogP contribution in [-0.2, 0) is 6.42 Å². The fourth-order valence-corrected chi connectivity index (χ4v) is 2.81. The summed E-state index contributed by atoms with van der Waals surface area (Å²) in [5, 5.41) is 5.98. The SMILES string of the molecule is CNc1ccc(Cc2ccc(NC(=O)c3cccc(C(C)=O)c3)cc2)cc1. The number of benzene rings is 3. The van der Waals surface area contributed by atoms with Gasteiger partial charge in [-0.1, -0.05) is 36.4 Å². The summed E-state index contributed by atoms with van der Waals surface area (Å²) < 4.78 is 0. The van der Waals surface area contributed by atoms with E-state index in [1.54, 1.807) is 24.3 Å². The molecule has 0 atom stereocenters. The van der Waals surface area contributed by atoms with Crippen LogP contribution in [0.15, 0.2) is 72.8 Å². The summed E-state index contributed by atoms with van der Waals surface area (Å²) in [6.45, 7) is 1.49. The van der Waals surface area contributed by atoms with E-state index < -0.39 is 0 Å². The first-order valence-corrected chi connectivity index (χ1v) is 8.83. The van der Waals surface area contributed by atoms with Crippen molar-refractivity contribution < 1.29 is 9.59 Å². The monoisotopic (exact) mass is 358 g/mol. The van der Waals surface area contributed by atoms with Crippen LogP contribution >= 0.6 is 0 Å². The molecule has 0 aliphatic rings. The van der Waals surface area contributed by atoms with E-state index in [1.165, 1.54) is 18.1 Å². The van der Waals surface area contributed by atoms with Crippen LogP contribution in [0.3, 0.4) is 0 Å². The van der Waals surface area contributed by atoms with Crippen molar-refractivity contribution in [3.8, 4) is 0 Å². The van der Waals surface area contributed by atoms with Crippen LogP contribution in [0.4, 0.5) is 11.4 Å². The number of carbonyl (C=O) groups excluding carboxylic acids is 2. The number of anilines is 2. The lowest BCUT2D eigenvalue weighted by Crippen LogP contribution is -2.12. The average molecular weight is 358 g/mol. The molecule has 0 saturated heterocycles. The molecule has 3 aromatic carbocycles. The predicted octanol–water partition coefficient (Wildman–Crippen LogP) is 4.77. The van der Waals surface area contributed by atoms with Crippen molar-refractivity contribution in [1.29, 1.82) is 0 Å². The Morgan fingerprint density at radius 3 is 1.89 bits per heavy atom. The van der Waals surface area contributed by atoms with Crippen molar-refractivity contribution in [3.05, 3.63) is 95.1 Å². The molecule has 2 N–H and O–H groups in total. The van der Waals surface area contributed by atoms with Crippen LogP contribution in [0.2, 0.25) is 0 Å². The van der Waals surface area contributed by atoms with Gasteiger partial charge in [0.1, 0.15) is 0 Å². The van der Waals surface area contributed by atoms with Crippen molar-refractivity contribution in [2.45, 2.75) is 13.3 Å². The zero-order valence-electron chi connectivity index (χ0n) is 15.5. The van der Waals surface area contributed by atoms with Gasteiger partial charge in [0.25, 0.3) is 5.91 Å². The highest BCUT2D eigenvalue weighted by Gasteiger charge is 2.08. The number of amides is 1. The van der Waals surface area contributed by atoms with Crippen LogP contribution in [-0.4, -0.2) is 18.7 Å². The van der Waals surface area contributed by atoms with Gasteiger partial charge in [-0.2, -0.15) is 0 Å². The standard InChI is InChI=1S/C23H22N2O2/c1-16(26)19-4-3-5-20(15-19)23(27)25-22-12-8-18(9-13-22)14-17-6-10-21(24-2)11-7-17/h3-13,15,24H,14H2,1-2H3,(H,25,27). The van der Waals surface area contributed by atoms with Crippen molar-refractivity contribution in [2.24, 2.45) is 0 Å². The number of nitrogens with one attached hydrogen (secondary N) is 2. The van der Waals surface area contributed by atoms with E-state index in [4.69, 9.17) is 0 Å². The van der Waals surface area contributed by atoms with Crippen molar-refractivity contribution >= 4 is 23.1 Å². The van der Waals surface area contributed by atoms with Gasteiger partial charge in [-0.15, -0.1) is 0 Å². The quantitative estimate of drug-likeness (QED) is 0.624. The van der Waals surface area contributed by atoms with E-state index in [0.29, 0.717) is 11.1 Å². The first kappa shape index (κ1) is 18.4. The smallest absolute Gasteiger partial charge is 0.255 e. The van der Waals surface area contributed by atoms with Crippen molar-refractivity contribution in [2.75, 3.05) is 17.7 Å². The number of carbonyl (C=O) groups is 2. The maximum atomic E-state index is 12.4. The number of hydrogen-bond acceptors (Lipinski definition) is 3. The zero-order chi connectivity index (χ0) is 19.2. The molecular weight excluding hydrogens is 336 g/mol.